The van der Waals surface area contributed by atoms with Crippen LogP contribution in [0.1, 0.15) is 25.2 Å². The zero-order chi connectivity index (χ0) is 33.2. The lowest BCUT2D eigenvalue weighted by Crippen LogP contribution is -2.51. The maximum atomic E-state index is 14.2. The van der Waals surface area contributed by atoms with Crippen LogP contribution in [0.5, 0.6) is 11.5 Å². The number of benzene rings is 3. The summed E-state index contributed by atoms with van der Waals surface area (Å²) < 4.78 is 19.0. The average Bonchev–Trinajstić information content (AvgIpc) is 3.07. The molecule has 4 aromatic rings. The van der Waals surface area contributed by atoms with Crippen LogP contribution in [0.2, 0.25) is 5.02 Å². The van der Waals surface area contributed by atoms with Crippen LogP contribution >= 0.6 is 11.6 Å². The molecule has 2 heterocycles. The summed E-state index contributed by atoms with van der Waals surface area (Å²) in [5, 5.41) is 24.3. The Kier molecular flexibility index (Phi) is 12.6. The van der Waals surface area contributed by atoms with Crippen molar-refractivity contribution in [2.75, 3.05) is 59.2 Å². The van der Waals surface area contributed by atoms with E-state index in [1.54, 1.807) is 34.9 Å². The molecule has 0 spiro atoms. The molecule has 11 nitrogen and oxygen atoms in total. The molecule has 12 heteroatoms. The Morgan fingerprint density at radius 3 is 2.51 bits per heavy atom. The predicted octanol–water partition coefficient (Wildman–Crippen LogP) is 3.44. The normalized spacial score (nSPS) is 14.9. The number of hydrogen-bond acceptors (Lipinski definition) is 10. The SMILES string of the molecule is CC(C)Oc1ccc(CNCCOCCO)cc1-n1c(CN2CCN(C(O)COc3ccc(Cl)cc3)CC2)nc2ccccc2c1=O. The molecule has 5 rings (SSSR count). The minimum absolute atomic E-state index is 0.00468. The third-order valence-corrected chi connectivity index (χ3v) is 8.12. The molecule has 1 aromatic heterocycles. The molecule has 0 aliphatic carbocycles. The van der Waals surface area contributed by atoms with Crippen molar-refractivity contribution in [2.24, 2.45) is 0 Å². The quantitative estimate of drug-likeness (QED) is 0.154. The summed E-state index contributed by atoms with van der Waals surface area (Å²) in [4.78, 5) is 23.4. The number of aliphatic hydroxyl groups is 2. The van der Waals surface area contributed by atoms with Crippen LogP contribution in [0.3, 0.4) is 0 Å². The van der Waals surface area contributed by atoms with Crippen molar-refractivity contribution in [3.63, 3.8) is 0 Å². The van der Waals surface area contributed by atoms with Crippen molar-refractivity contribution in [1.29, 1.82) is 0 Å². The van der Waals surface area contributed by atoms with Gasteiger partial charge in [0, 0.05) is 44.3 Å². The van der Waals surface area contributed by atoms with Crippen molar-refractivity contribution in [3.05, 3.63) is 93.5 Å². The Balaban J connectivity index is 1.35. The van der Waals surface area contributed by atoms with Crippen molar-refractivity contribution in [2.45, 2.75) is 39.3 Å². The standard InChI is InChI=1S/C35H44ClN5O6/c1-25(2)47-32-12-7-26(22-37-13-19-45-20-18-42)21-31(32)41-33(38-30-6-4-3-5-29(30)35(41)44)23-39-14-16-40(17-15-39)34(43)24-46-28-10-8-27(36)9-11-28/h3-12,21,25,34,37,42-43H,13-20,22-24H2,1-2H3. The van der Waals surface area contributed by atoms with Crippen LogP contribution in [-0.2, 0) is 17.8 Å². The van der Waals surface area contributed by atoms with Crippen LogP contribution in [-0.4, -0.2) is 101 Å². The number of para-hydroxylation sites is 1. The largest absolute Gasteiger partial charge is 0.489 e. The number of halogens is 1. The Hall–Kier alpha value is -3.55. The van der Waals surface area contributed by atoms with E-state index in [0.717, 1.165) is 5.56 Å². The van der Waals surface area contributed by atoms with Gasteiger partial charge in [-0.15, -0.1) is 0 Å². The van der Waals surface area contributed by atoms with Gasteiger partial charge in [-0.05, 0) is 67.9 Å². The highest BCUT2D eigenvalue weighted by molar-refractivity contribution is 6.30. The van der Waals surface area contributed by atoms with Gasteiger partial charge in [-0.1, -0.05) is 29.8 Å². The highest BCUT2D eigenvalue weighted by Crippen LogP contribution is 2.27. The summed E-state index contributed by atoms with van der Waals surface area (Å²) in [7, 11) is 0. The second-order valence-corrected chi connectivity index (χ2v) is 12.2. The summed E-state index contributed by atoms with van der Waals surface area (Å²) in [5.41, 5.74) is 2.10. The van der Waals surface area contributed by atoms with Gasteiger partial charge >= 0.3 is 0 Å². The first-order chi connectivity index (χ1) is 22.8. The first-order valence-corrected chi connectivity index (χ1v) is 16.4. The number of piperazine rings is 1. The lowest BCUT2D eigenvalue weighted by molar-refractivity contribution is -0.0505. The molecule has 1 aliphatic rings. The molecule has 1 atom stereocenters. The zero-order valence-electron chi connectivity index (χ0n) is 27.0. The van der Waals surface area contributed by atoms with Gasteiger partial charge in [0.05, 0.1) is 49.1 Å². The number of aromatic nitrogens is 2. The Labute approximate surface area is 280 Å². The van der Waals surface area contributed by atoms with Crippen LogP contribution < -0.4 is 20.3 Å². The fourth-order valence-corrected chi connectivity index (χ4v) is 5.63. The smallest absolute Gasteiger partial charge is 0.266 e. The van der Waals surface area contributed by atoms with E-state index >= 15 is 0 Å². The van der Waals surface area contributed by atoms with Crippen molar-refractivity contribution >= 4 is 22.5 Å². The third-order valence-electron chi connectivity index (χ3n) is 7.87. The van der Waals surface area contributed by atoms with E-state index in [0.29, 0.717) is 98.0 Å². The number of rotatable bonds is 16. The summed E-state index contributed by atoms with van der Waals surface area (Å²) in [6.45, 7) is 9.11. The molecule has 1 fully saturated rings. The van der Waals surface area contributed by atoms with Crippen molar-refractivity contribution in [1.82, 2.24) is 24.7 Å². The van der Waals surface area contributed by atoms with Gasteiger partial charge in [-0.2, -0.15) is 0 Å². The van der Waals surface area contributed by atoms with Crippen LogP contribution in [0.4, 0.5) is 0 Å². The Morgan fingerprint density at radius 1 is 1.00 bits per heavy atom. The van der Waals surface area contributed by atoms with E-state index in [2.05, 4.69) is 10.2 Å². The third kappa shape index (κ3) is 9.51. The van der Waals surface area contributed by atoms with E-state index in [4.69, 9.17) is 35.9 Å². The molecule has 3 aromatic carbocycles. The average molecular weight is 666 g/mol. The molecule has 3 N–H and O–H groups in total. The van der Waals surface area contributed by atoms with E-state index in [1.165, 1.54) is 0 Å². The van der Waals surface area contributed by atoms with Gasteiger partial charge < -0.3 is 29.7 Å². The molecular weight excluding hydrogens is 622 g/mol. The van der Waals surface area contributed by atoms with Crippen molar-refractivity contribution < 1.29 is 24.4 Å². The summed E-state index contributed by atoms with van der Waals surface area (Å²) in [6.07, 6.45) is -0.852. The van der Waals surface area contributed by atoms with Crippen LogP contribution in [0.15, 0.2) is 71.5 Å². The van der Waals surface area contributed by atoms with E-state index < -0.39 is 6.23 Å². The molecule has 0 bridgehead atoms. The van der Waals surface area contributed by atoms with Crippen LogP contribution in [0.25, 0.3) is 16.6 Å². The van der Waals surface area contributed by atoms with E-state index in [-0.39, 0.29) is 24.9 Å². The molecule has 1 saturated heterocycles. The monoisotopic (exact) mass is 665 g/mol. The molecule has 1 aliphatic heterocycles. The topological polar surface area (TPSA) is 122 Å². The fourth-order valence-electron chi connectivity index (χ4n) is 5.50. The predicted molar refractivity (Wildman–Crippen MR) is 183 cm³/mol. The summed E-state index contributed by atoms with van der Waals surface area (Å²) in [5.74, 6) is 1.87. The Morgan fingerprint density at radius 2 is 1.77 bits per heavy atom. The fraction of sp³-hybridized carbons (Fsp3) is 0.429. The second kappa shape index (κ2) is 17.0. The summed E-state index contributed by atoms with van der Waals surface area (Å²) >= 11 is 5.96. The molecule has 0 radical (unpaired) electrons. The van der Waals surface area contributed by atoms with E-state index in [9.17, 15) is 9.90 Å². The van der Waals surface area contributed by atoms with E-state index in [1.807, 2.05) is 55.1 Å². The molecule has 0 amide bonds. The lowest BCUT2D eigenvalue weighted by Gasteiger charge is -2.37. The maximum Gasteiger partial charge on any atom is 0.266 e. The molecule has 47 heavy (non-hydrogen) atoms. The summed E-state index contributed by atoms with van der Waals surface area (Å²) in [6, 6.07) is 20.4. The number of nitrogens with zero attached hydrogens (tertiary/aromatic N) is 4. The van der Waals surface area contributed by atoms with Crippen LogP contribution in [0, 0.1) is 0 Å². The van der Waals surface area contributed by atoms with Crippen molar-refractivity contribution in [3.8, 4) is 17.2 Å². The minimum Gasteiger partial charge on any atom is -0.489 e. The number of aliphatic hydroxyl groups excluding tert-OH is 2. The van der Waals surface area contributed by atoms with Gasteiger partial charge in [-0.3, -0.25) is 19.2 Å². The highest BCUT2D eigenvalue weighted by Gasteiger charge is 2.25. The zero-order valence-corrected chi connectivity index (χ0v) is 27.7. The number of ether oxygens (including phenoxy) is 3. The van der Waals surface area contributed by atoms with Gasteiger partial charge in [0.25, 0.3) is 5.56 Å². The molecule has 0 saturated carbocycles. The highest BCUT2D eigenvalue weighted by atomic mass is 35.5. The molecule has 252 valence electrons. The number of hydrogen-bond donors (Lipinski definition) is 3. The number of fused-ring (bicyclic) bond motifs is 1. The molecular formula is C35H44ClN5O6. The lowest BCUT2D eigenvalue weighted by atomic mass is 10.1. The Bertz CT molecular complexity index is 1640. The first-order valence-electron chi connectivity index (χ1n) is 16.0. The second-order valence-electron chi connectivity index (χ2n) is 11.7. The number of nitrogens with one attached hydrogen (secondary N) is 1. The maximum absolute atomic E-state index is 14.2. The van der Waals surface area contributed by atoms with Gasteiger partial charge in [0.15, 0.2) is 0 Å². The van der Waals surface area contributed by atoms with Gasteiger partial charge in [0.1, 0.15) is 30.2 Å². The molecule has 1 unspecified atom stereocenters. The van der Waals surface area contributed by atoms with Gasteiger partial charge in [0.2, 0.25) is 0 Å². The van der Waals surface area contributed by atoms with Gasteiger partial charge in [-0.25, -0.2) is 4.98 Å². The first kappa shape index (κ1) is 34.8. The minimum atomic E-state index is -0.752.